The number of benzene rings is 2. The van der Waals surface area contributed by atoms with Crippen LogP contribution >= 0.6 is 0 Å². The maximum atomic E-state index is 13.1. The van der Waals surface area contributed by atoms with Crippen molar-refractivity contribution in [2.75, 3.05) is 39.3 Å². The monoisotopic (exact) mass is 427 g/mol. The van der Waals surface area contributed by atoms with Crippen LogP contribution in [0.25, 0.3) is 0 Å². The number of carbonyl (C=O) groups is 1. The van der Waals surface area contributed by atoms with Crippen molar-refractivity contribution >= 4 is 16.1 Å². The molecule has 0 aromatic heterocycles. The van der Waals surface area contributed by atoms with E-state index in [-0.39, 0.29) is 11.8 Å². The Morgan fingerprint density at radius 1 is 0.733 bits per heavy atom. The topological polar surface area (TPSA) is 60.9 Å². The normalized spacial score (nSPS) is 18.8. The van der Waals surface area contributed by atoms with Crippen LogP contribution in [0.4, 0.5) is 0 Å². The van der Waals surface area contributed by atoms with Gasteiger partial charge in [-0.2, -0.15) is 17.0 Å². The summed E-state index contributed by atoms with van der Waals surface area (Å²) in [6.45, 7) is 2.84. The molecule has 30 heavy (non-hydrogen) atoms. The minimum atomic E-state index is -3.39. The molecule has 160 valence electrons. The van der Waals surface area contributed by atoms with Gasteiger partial charge in [-0.05, 0) is 24.0 Å². The lowest BCUT2D eigenvalue weighted by atomic mass is 9.88. The zero-order valence-electron chi connectivity index (χ0n) is 17.2. The van der Waals surface area contributed by atoms with Gasteiger partial charge < -0.3 is 4.90 Å². The van der Waals surface area contributed by atoms with E-state index in [2.05, 4.69) is 24.3 Å². The van der Waals surface area contributed by atoms with E-state index >= 15 is 0 Å². The minimum Gasteiger partial charge on any atom is -0.340 e. The molecule has 6 nitrogen and oxygen atoms in total. The van der Waals surface area contributed by atoms with Crippen molar-refractivity contribution in [3.05, 3.63) is 71.8 Å². The summed E-state index contributed by atoms with van der Waals surface area (Å²) in [7, 11) is -3.39. The van der Waals surface area contributed by atoms with Crippen molar-refractivity contribution in [2.24, 2.45) is 0 Å². The molecule has 0 spiro atoms. The van der Waals surface area contributed by atoms with Crippen LogP contribution in [0.3, 0.4) is 0 Å². The second-order valence-electron chi connectivity index (χ2n) is 7.97. The number of nitrogens with zero attached hydrogens (tertiary/aromatic N) is 3. The van der Waals surface area contributed by atoms with Gasteiger partial charge >= 0.3 is 0 Å². The third kappa shape index (κ3) is 4.58. The van der Waals surface area contributed by atoms with E-state index in [9.17, 15) is 13.2 Å². The van der Waals surface area contributed by atoms with E-state index < -0.39 is 10.2 Å². The summed E-state index contributed by atoms with van der Waals surface area (Å²) in [5.74, 6) is 0.0668. The Hall–Kier alpha value is -2.22. The summed E-state index contributed by atoms with van der Waals surface area (Å²) in [6, 6.07) is 20.2. The molecule has 2 aromatic carbocycles. The van der Waals surface area contributed by atoms with E-state index in [1.807, 2.05) is 41.3 Å². The van der Waals surface area contributed by atoms with E-state index in [0.717, 1.165) is 24.0 Å². The lowest BCUT2D eigenvalue weighted by Gasteiger charge is -2.36. The van der Waals surface area contributed by atoms with Gasteiger partial charge in [-0.1, -0.05) is 60.7 Å². The van der Waals surface area contributed by atoms with Crippen molar-refractivity contribution in [2.45, 2.75) is 25.2 Å². The van der Waals surface area contributed by atoms with Crippen LogP contribution in [0, 0.1) is 0 Å². The van der Waals surface area contributed by atoms with Gasteiger partial charge in [0.2, 0.25) is 5.91 Å². The van der Waals surface area contributed by atoms with Crippen LogP contribution in [0.5, 0.6) is 0 Å². The molecular formula is C23H29N3O3S. The Bertz CT molecular complexity index is 897. The van der Waals surface area contributed by atoms with Crippen molar-refractivity contribution in [1.29, 1.82) is 0 Å². The molecule has 0 saturated carbocycles. The highest BCUT2D eigenvalue weighted by Crippen LogP contribution is 2.29. The highest BCUT2D eigenvalue weighted by Gasteiger charge is 2.35. The Labute approximate surface area is 179 Å². The van der Waals surface area contributed by atoms with Gasteiger partial charge in [-0.25, -0.2) is 0 Å². The zero-order valence-corrected chi connectivity index (χ0v) is 18.0. The molecule has 1 amide bonds. The molecule has 7 heteroatoms. The van der Waals surface area contributed by atoms with Crippen LogP contribution in [0.2, 0.25) is 0 Å². The van der Waals surface area contributed by atoms with E-state index in [1.165, 1.54) is 4.31 Å². The fourth-order valence-electron chi connectivity index (χ4n) is 4.35. The third-order valence-electron chi connectivity index (χ3n) is 6.09. The van der Waals surface area contributed by atoms with Crippen LogP contribution in [-0.2, 0) is 15.0 Å². The second kappa shape index (κ2) is 9.29. The molecule has 0 N–H and O–H groups in total. The smallest absolute Gasteiger partial charge is 0.282 e. The van der Waals surface area contributed by atoms with Gasteiger partial charge in [0.25, 0.3) is 10.2 Å². The maximum absolute atomic E-state index is 13.1. The third-order valence-corrected chi connectivity index (χ3v) is 8.13. The van der Waals surface area contributed by atoms with E-state index in [4.69, 9.17) is 0 Å². The molecular weight excluding hydrogens is 398 g/mol. The average Bonchev–Trinajstić information content (AvgIpc) is 3.35. The summed E-state index contributed by atoms with van der Waals surface area (Å²) < 4.78 is 28.6. The Kier molecular flexibility index (Phi) is 6.51. The predicted molar refractivity (Wildman–Crippen MR) is 117 cm³/mol. The molecule has 0 unspecified atom stereocenters. The quantitative estimate of drug-likeness (QED) is 0.712. The lowest BCUT2D eigenvalue weighted by Crippen LogP contribution is -2.53. The number of rotatable bonds is 6. The molecule has 2 saturated heterocycles. The fraction of sp³-hybridized carbons (Fsp3) is 0.435. The van der Waals surface area contributed by atoms with Crippen LogP contribution in [0.15, 0.2) is 60.7 Å². The fourth-order valence-corrected chi connectivity index (χ4v) is 6.02. The SMILES string of the molecule is O=C(CC(c1ccccc1)c1ccccc1)N1CCN(S(=O)(=O)N2CCCC2)CC1. The van der Waals surface area contributed by atoms with Gasteiger partial charge in [0.15, 0.2) is 0 Å². The summed E-state index contributed by atoms with van der Waals surface area (Å²) >= 11 is 0. The Balaban J connectivity index is 1.42. The van der Waals surface area contributed by atoms with E-state index in [0.29, 0.717) is 45.7 Å². The standard InChI is InChI=1S/C23H29N3O3S/c27-23(19-22(20-9-3-1-4-10-20)21-11-5-2-6-12-21)24-15-17-26(18-16-24)30(28,29)25-13-7-8-14-25/h1-6,9-12,22H,7-8,13-19H2. The number of hydrogen-bond acceptors (Lipinski definition) is 3. The van der Waals surface area contributed by atoms with Crippen LogP contribution in [0.1, 0.15) is 36.3 Å². The average molecular weight is 428 g/mol. The van der Waals surface area contributed by atoms with Crippen molar-refractivity contribution in [1.82, 2.24) is 13.5 Å². The first-order valence-electron chi connectivity index (χ1n) is 10.7. The molecule has 2 aliphatic heterocycles. The van der Waals surface area contributed by atoms with Gasteiger partial charge in [-0.15, -0.1) is 0 Å². The molecule has 4 rings (SSSR count). The van der Waals surface area contributed by atoms with Gasteiger partial charge in [0.1, 0.15) is 0 Å². The summed E-state index contributed by atoms with van der Waals surface area (Å²) in [5, 5.41) is 0. The predicted octanol–water partition coefficient (Wildman–Crippen LogP) is 2.69. The number of carbonyl (C=O) groups excluding carboxylic acids is 1. The molecule has 2 aliphatic rings. The highest BCUT2D eigenvalue weighted by molar-refractivity contribution is 7.86. The largest absolute Gasteiger partial charge is 0.340 e. The first-order chi connectivity index (χ1) is 14.6. The maximum Gasteiger partial charge on any atom is 0.282 e. The number of amides is 1. The van der Waals surface area contributed by atoms with Crippen LogP contribution < -0.4 is 0 Å². The Morgan fingerprint density at radius 2 is 1.20 bits per heavy atom. The van der Waals surface area contributed by atoms with E-state index in [1.54, 1.807) is 4.31 Å². The molecule has 2 heterocycles. The van der Waals surface area contributed by atoms with Crippen LogP contribution in [-0.4, -0.2) is 67.1 Å². The lowest BCUT2D eigenvalue weighted by molar-refractivity contribution is -0.132. The van der Waals surface area contributed by atoms with Crippen molar-refractivity contribution < 1.29 is 13.2 Å². The summed E-state index contributed by atoms with van der Waals surface area (Å²) in [6.07, 6.45) is 2.24. The highest BCUT2D eigenvalue weighted by atomic mass is 32.2. The molecule has 0 radical (unpaired) electrons. The van der Waals surface area contributed by atoms with Gasteiger partial charge in [-0.3, -0.25) is 4.79 Å². The molecule has 0 bridgehead atoms. The van der Waals surface area contributed by atoms with Gasteiger partial charge in [0.05, 0.1) is 0 Å². The molecule has 0 atom stereocenters. The summed E-state index contributed by atoms with van der Waals surface area (Å²) in [5.41, 5.74) is 2.24. The molecule has 2 aromatic rings. The first kappa shape index (κ1) is 21.0. The Morgan fingerprint density at radius 3 is 1.70 bits per heavy atom. The summed E-state index contributed by atoms with van der Waals surface area (Å²) in [4.78, 5) is 14.9. The second-order valence-corrected chi connectivity index (χ2v) is 9.90. The minimum absolute atomic E-state index is 0.00809. The van der Waals surface area contributed by atoms with Gasteiger partial charge in [0, 0.05) is 51.6 Å². The number of piperazine rings is 1. The first-order valence-corrected chi connectivity index (χ1v) is 12.1. The number of hydrogen-bond donors (Lipinski definition) is 0. The zero-order chi connectivity index (χ0) is 21.0. The molecule has 0 aliphatic carbocycles. The van der Waals surface area contributed by atoms with Crippen molar-refractivity contribution in [3.8, 4) is 0 Å². The molecule has 2 fully saturated rings. The van der Waals surface area contributed by atoms with Crippen molar-refractivity contribution in [3.63, 3.8) is 0 Å².